The number of amides is 2. The second-order valence-corrected chi connectivity index (χ2v) is 7.74. The molecule has 6 heteroatoms. The SMILES string of the molecule is O=C(NC[C@H](c1ccco1)N1CCCCC1)c1ccc(NC(=O)c2ccccc2)cc1. The van der Waals surface area contributed by atoms with Crippen molar-refractivity contribution in [2.75, 3.05) is 25.0 Å². The minimum Gasteiger partial charge on any atom is -0.468 e. The van der Waals surface area contributed by atoms with Crippen LogP contribution in [0, 0.1) is 0 Å². The molecule has 4 rings (SSSR count). The van der Waals surface area contributed by atoms with Gasteiger partial charge in [0.2, 0.25) is 0 Å². The van der Waals surface area contributed by atoms with E-state index in [-0.39, 0.29) is 17.9 Å². The third kappa shape index (κ3) is 5.41. The van der Waals surface area contributed by atoms with E-state index >= 15 is 0 Å². The molecule has 0 unspecified atom stereocenters. The summed E-state index contributed by atoms with van der Waals surface area (Å²) in [5.41, 5.74) is 1.78. The highest BCUT2D eigenvalue weighted by Gasteiger charge is 2.25. The van der Waals surface area contributed by atoms with E-state index in [1.54, 1.807) is 42.7 Å². The lowest BCUT2D eigenvalue weighted by molar-refractivity contribution is 0.0913. The zero-order valence-corrected chi connectivity index (χ0v) is 17.4. The maximum Gasteiger partial charge on any atom is 0.255 e. The predicted molar refractivity (Wildman–Crippen MR) is 120 cm³/mol. The van der Waals surface area contributed by atoms with Crippen LogP contribution in [0.2, 0.25) is 0 Å². The fourth-order valence-corrected chi connectivity index (χ4v) is 3.91. The Morgan fingerprint density at radius 1 is 0.839 bits per heavy atom. The molecule has 2 aromatic carbocycles. The van der Waals surface area contributed by atoms with Gasteiger partial charge in [0.15, 0.2) is 0 Å². The van der Waals surface area contributed by atoms with Crippen LogP contribution >= 0.6 is 0 Å². The van der Waals surface area contributed by atoms with Crippen LogP contribution in [-0.4, -0.2) is 36.3 Å². The number of piperidine rings is 1. The third-order valence-electron chi connectivity index (χ3n) is 5.60. The molecule has 2 N–H and O–H groups in total. The lowest BCUT2D eigenvalue weighted by atomic mass is 10.1. The van der Waals surface area contributed by atoms with Gasteiger partial charge in [-0.05, 0) is 74.5 Å². The van der Waals surface area contributed by atoms with Gasteiger partial charge < -0.3 is 15.1 Å². The average Bonchev–Trinajstić information content (AvgIpc) is 3.35. The number of carbonyl (C=O) groups excluding carboxylic acids is 2. The first-order valence-corrected chi connectivity index (χ1v) is 10.7. The van der Waals surface area contributed by atoms with Gasteiger partial charge in [-0.2, -0.15) is 0 Å². The summed E-state index contributed by atoms with van der Waals surface area (Å²) in [6.07, 6.45) is 5.26. The van der Waals surface area contributed by atoms with E-state index in [0.717, 1.165) is 18.8 Å². The van der Waals surface area contributed by atoms with E-state index in [1.807, 2.05) is 30.3 Å². The normalized spacial score (nSPS) is 15.2. The zero-order chi connectivity index (χ0) is 21.5. The van der Waals surface area contributed by atoms with Gasteiger partial charge in [-0.25, -0.2) is 0 Å². The number of furan rings is 1. The number of nitrogens with one attached hydrogen (secondary N) is 2. The molecule has 1 aliphatic rings. The number of benzene rings is 2. The van der Waals surface area contributed by atoms with E-state index in [2.05, 4.69) is 15.5 Å². The van der Waals surface area contributed by atoms with Crippen molar-refractivity contribution in [1.29, 1.82) is 0 Å². The van der Waals surface area contributed by atoms with Crippen molar-refractivity contribution in [2.45, 2.75) is 25.3 Å². The fraction of sp³-hybridized carbons (Fsp3) is 0.280. The Bertz CT molecular complexity index is 979. The Kier molecular flexibility index (Phi) is 6.79. The minimum atomic E-state index is -0.180. The third-order valence-corrected chi connectivity index (χ3v) is 5.60. The first-order chi connectivity index (χ1) is 15.2. The predicted octanol–water partition coefficient (Wildman–Crippen LogP) is 4.49. The molecule has 0 bridgehead atoms. The summed E-state index contributed by atoms with van der Waals surface area (Å²) in [5.74, 6) is 0.552. The molecule has 0 radical (unpaired) electrons. The summed E-state index contributed by atoms with van der Waals surface area (Å²) in [6.45, 7) is 2.51. The highest BCUT2D eigenvalue weighted by atomic mass is 16.3. The van der Waals surface area contributed by atoms with Gasteiger partial charge >= 0.3 is 0 Å². The van der Waals surface area contributed by atoms with Gasteiger partial charge in [0.05, 0.1) is 12.3 Å². The van der Waals surface area contributed by atoms with E-state index in [4.69, 9.17) is 4.42 Å². The molecule has 1 atom stereocenters. The average molecular weight is 418 g/mol. The number of nitrogens with zero attached hydrogens (tertiary/aromatic N) is 1. The molecule has 31 heavy (non-hydrogen) atoms. The van der Waals surface area contributed by atoms with Crippen LogP contribution < -0.4 is 10.6 Å². The van der Waals surface area contributed by atoms with Gasteiger partial charge in [-0.3, -0.25) is 14.5 Å². The van der Waals surface area contributed by atoms with Crippen LogP contribution in [-0.2, 0) is 0 Å². The van der Waals surface area contributed by atoms with Crippen molar-refractivity contribution < 1.29 is 14.0 Å². The summed E-state index contributed by atoms with van der Waals surface area (Å²) in [6, 6.07) is 19.8. The Hall–Kier alpha value is -3.38. The Morgan fingerprint density at radius 2 is 1.55 bits per heavy atom. The Labute approximate surface area is 182 Å². The molecule has 1 fully saturated rings. The van der Waals surface area contributed by atoms with Gasteiger partial charge in [0, 0.05) is 23.4 Å². The van der Waals surface area contributed by atoms with Gasteiger partial charge in [0.25, 0.3) is 11.8 Å². The Balaban J connectivity index is 1.36. The summed E-state index contributed by atoms with van der Waals surface area (Å²) >= 11 is 0. The summed E-state index contributed by atoms with van der Waals surface area (Å²) in [4.78, 5) is 27.4. The molecule has 1 aromatic heterocycles. The van der Waals surface area contributed by atoms with Crippen molar-refractivity contribution in [3.8, 4) is 0 Å². The van der Waals surface area contributed by atoms with E-state index in [9.17, 15) is 9.59 Å². The van der Waals surface area contributed by atoms with E-state index < -0.39 is 0 Å². The molecule has 2 amide bonds. The van der Waals surface area contributed by atoms with Gasteiger partial charge in [0.1, 0.15) is 5.76 Å². The Morgan fingerprint density at radius 3 is 2.23 bits per heavy atom. The molecule has 1 aliphatic heterocycles. The minimum absolute atomic E-state index is 0.0312. The van der Waals surface area contributed by atoms with Crippen LogP contribution in [0.4, 0.5) is 5.69 Å². The zero-order valence-electron chi connectivity index (χ0n) is 17.4. The van der Waals surface area contributed by atoms with Crippen LogP contribution in [0.5, 0.6) is 0 Å². The standard InChI is InChI=1S/C25H27N3O3/c29-24(26-18-22(23-10-7-17-31-23)28-15-5-2-6-16-28)20-11-13-21(14-12-20)27-25(30)19-8-3-1-4-9-19/h1,3-4,7-14,17,22H,2,5-6,15-16,18H2,(H,26,29)(H,27,30)/t22-/m1/s1. The number of hydrogen-bond donors (Lipinski definition) is 2. The maximum absolute atomic E-state index is 12.7. The van der Waals surface area contributed by atoms with E-state index in [0.29, 0.717) is 23.4 Å². The highest BCUT2D eigenvalue weighted by Crippen LogP contribution is 2.24. The van der Waals surface area contributed by atoms with E-state index in [1.165, 1.54) is 19.3 Å². The smallest absolute Gasteiger partial charge is 0.255 e. The second kappa shape index (κ2) is 10.1. The van der Waals surface area contributed by atoms with Crippen LogP contribution in [0.1, 0.15) is 51.8 Å². The molecular formula is C25H27N3O3. The summed E-state index contributed by atoms with van der Waals surface area (Å²) < 4.78 is 5.64. The number of carbonyl (C=O) groups is 2. The first kappa shape index (κ1) is 20.9. The summed E-state index contributed by atoms with van der Waals surface area (Å²) in [7, 11) is 0. The molecule has 0 spiro atoms. The largest absolute Gasteiger partial charge is 0.468 e. The van der Waals surface area contributed by atoms with Crippen LogP contribution in [0.15, 0.2) is 77.4 Å². The molecule has 0 aliphatic carbocycles. The van der Waals surface area contributed by atoms with Crippen molar-refractivity contribution >= 4 is 17.5 Å². The van der Waals surface area contributed by atoms with Crippen molar-refractivity contribution in [3.63, 3.8) is 0 Å². The lowest BCUT2D eigenvalue weighted by Crippen LogP contribution is -2.40. The number of anilines is 1. The molecule has 6 nitrogen and oxygen atoms in total. The molecule has 0 saturated carbocycles. The lowest BCUT2D eigenvalue weighted by Gasteiger charge is -2.33. The van der Waals surface area contributed by atoms with Crippen molar-refractivity contribution in [3.05, 3.63) is 89.9 Å². The highest BCUT2D eigenvalue weighted by molar-refractivity contribution is 6.04. The first-order valence-electron chi connectivity index (χ1n) is 10.7. The van der Waals surface area contributed by atoms with Crippen molar-refractivity contribution in [1.82, 2.24) is 10.2 Å². The number of hydrogen-bond acceptors (Lipinski definition) is 4. The molecular weight excluding hydrogens is 390 g/mol. The molecule has 3 aromatic rings. The molecule has 160 valence electrons. The quantitative estimate of drug-likeness (QED) is 0.594. The topological polar surface area (TPSA) is 74.6 Å². The van der Waals surface area contributed by atoms with Gasteiger partial charge in [-0.15, -0.1) is 0 Å². The monoisotopic (exact) mass is 417 g/mol. The maximum atomic E-state index is 12.7. The van der Waals surface area contributed by atoms with Gasteiger partial charge in [-0.1, -0.05) is 24.6 Å². The fourth-order valence-electron chi connectivity index (χ4n) is 3.91. The van der Waals surface area contributed by atoms with Crippen LogP contribution in [0.25, 0.3) is 0 Å². The summed E-state index contributed by atoms with van der Waals surface area (Å²) in [5, 5.41) is 5.89. The number of likely N-dealkylation sites (tertiary alicyclic amines) is 1. The van der Waals surface area contributed by atoms with Crippen molar-refractivity contribution in [2.24, 2.45) is 0 Å². The number of rotatable bonds is 7. The second-order valence-electron chi connectivity index (χ2n) is 7.74. The van der Waals surface area contributed by atoms with Crippen LogP contribution in [0.3, 0.4) is 0 Å². The molecule has 2 heterocycles. The molecule has 1 saturated heterocycles.